The normalized spacial score (nSPS) is 15.8. The van der Waals surface area contributed by atoms with E-state index in [0.29, 0.717) is 31.0 Å². The Morgan fingerprint density at radius 1 is 1.22 bits per heavy atom. The van der Waals surface area contributed by atoms with Crippen LogP contribution in [0.15, 0.2) is 35.1 Å². The van der Waals surface area contributed by atoms with Gasteiger partial charge in [-0.1, -0.05) is 30.7 Å². The van der Waals surface area contributed by atoms with Crippen molar-refractivity contribution in [2.45, 2.75) is 19.9 Å². The molecule has 23 heavy (non-hydrogen) atoms. The number of oxazole rings is 1. The Morgan fingerprint density at radius 3 is 2.57 bits per heavy atom. The SMILES string of the molecule is CCc1ocnc1C(=O)N1CCN(Cc2ccc(Cl)cc2)CC1. The van der Waals surface area contributed by atoms with Gasteiger partial charge in [-0.25, -0.2) is 4.98 Å². The number of carbonyl (C=O) groups is 1. The van der Waals surface area contributed by atoms with E-state index in [1.54, 1.807) is 0 Å². The summed E-state index contributed by atoms with van der Waals surface area (Å²) < 4.78 is 5.26. The van der Waals surface area contributed by atoms with Crippen LogP contribution >= 0.6 is 11.6 Å². The van der Waals surface area contributed by atoms with Gasteiger partial charge in [-0.15, -0.1) is 0 Å². The maximum atomic E-state index is 12.5. The average Bonchev–Trinajstić information content (AvgIpc) is 3.06. The van der Waals surface area contributed by atoms with Gasteiger partial charge < -0.3 is 9.32 Å². The maximum absolute atomic E-state index is 12.5. The standard InChI is InChI=1S/C17H20ClN3O2/c1-2-15-16(19-12-23-15)17(22)21-9-7-20(8-10-21)11-13-3-5-14(18)6-4-13/h3-6,12H,2,7-11H2,1H3. The van der Waals surface area contributed by atoms with Crippen molar-refractivity contribution in [2.75, 3.05) is 26.2 Å². The number of carbonyl (C=O) groups excluding carboxylic acids is 1. The van der Waals surface area contributed by atoms with Crippen molar-refractivity contribution in [1.29, 1.82) is 0 Å². The Morgan fingerprint density at radius 2 is 1.91 bits per heavy atom. The van der Waals surface area contributed by atoms with Gasteiger partial charge in [-0.2, -0.15) is 0 Å². The minimum absolute atomic E-state index is 0.0262. The molecule has 0 bridgehead atoms. The summed E-state index contributed by atoms with van der Waals surface area (Å²) in [4.78, 5) is 20.8. The molecule has 6 heteroatoms. The first kappa shape index (κ1) is 16.0. The summed E-state index contributed by atoms with van der Waals surface area (Å²) in [7, 11) is 0. The summed E-state index contributed by atoms with van der Waals surface area (Å²) in [6.45, 7) is 5.97. The molecule has 0 atom stereocenters. The Bertz CT molecular complexity index is 661. The highest BCUT2D eigenvalue weighted by molar-refractivity contribution is 6.30. The predicted octanol–water partition coefficient (Wildman–Crippen LogP) is 2.85. The van der Waals surface area contributed by atoms with E-state index >= 15 is 0 Å². The number of aromatic nitrogens is 1. The molecular formula is C17H20ClN3O2. The van der Waals surface area contributed by atoms with E-state index in [1.807, 2.05) is 36.1 Å². The summed E-state index contributed by atoms with van der Waals surface area (Å²) in [5.41, 5.74) is 1.69. The van der Waals surface area contributed by atoms with Crippen molar-refractivity contribution in [3.8, 4) is 0 Å². The van der Waals surface area contributed by atoms with E-state index in [0.717, 1.165) is 24.7 Å². The second-order valence-electron chi connectivity index (χ2n) is 5.67. The molecule has 0 saturated carbocycles. The molecule has 1 fully saturated rings. The summed E-state index contributed by atoms with van der Waals surface area (Å²) in [6, 6.07) is 7.91. The third-order valence-corrected chi connectivity index (χ3v) is 4.40. The Hall–Kier alpha value is -1.85. The molecule has 1 aromatic heterocycles. The lowest BCUT2D eigenvalue weighted by Gasteiger charge is -2.34. The first-order valence-electron chi connectivity index (χ1n) is 7.86. The number of aryl methyl sites for hydroxylation is 1. The fraction of sp³-hybridized carbons (Fsp3) is 0.412. The van der Waals surface area contributed by atoms with E-state index in [2.05, 4.69) is 9.88 Å². The summed E-state index contributed by atoms with van der Waals surface area (Å²) in [5.74, 6) is 0.639. The number of benzene rings is 1. The van der Waals surface area contributed by atoms with Crippen LogP contribution in [0.3, 0.4) is 0 Å². The zero-order chi connectivity index (χ0) is 16.2. The number of rotatable bonds is 4. The Balaban J connectivity index is 1.56. The largest absolute Gasteiger partial charge is 0.448 e. The molecule has 0 radical (unpaired) electrons. The first-order valence-corrected chi connectivity index (χ1v) is 8.23. The molecule has 0 aliphatic carbocycles. The van der Waals surface area contributed by atoms with Gasteiger partial charge in [0.15, 0.2) is 12.1 Å². The third kappa shape index (κ3) is 3.74. The highest BCUT2D eigenvalue weighted by Gasteiger charge is 2.25. The van der Waals surface area contributed by atoms with Crippen LogP contribution in [-0.4, -0.2) is 46.9 Å². The predicted molar refractivity (Wildman–Crippen MR) is 88.5 cm³/mol. The second-order valence-corrected chi connectivity index (χ2v) is 6.11. The van der Waals surface area contributed by atoms with E-state index in [9.17, 15) is 4.79 Å². The molecule has 1 aliphatic rings. The smallest absolute Gasteiger partial charge is 0.276 e. The van der Waals surface area contributed by atoms with Crippen LogP contribution in [0.25, 0.3) is 0 Å². The molecule has 0 N–H and O–H groups in total. The molecule has 2 heterocycles. The summed E-state index contributed by atoms with van der Waals surface area (Å²) in [5, 5.41) is 0.753. The molecule has 0 unspecified atom stereocenters. The third-order valence-electron chi connectivity index (χ3n) is 4.14. The molecule has 2 aromatic rings. The van der Waals surface area contributed by atoms with Gasteiger partial charge in [0.1, 0.15) is 5.76 Å². The van der Waals surface area contributed by atoms with Crippen molar-refractivity contribution >= 4 is 17.5 Å². The van der Waals surface area contributed by atoms with Gasteiger partial charge in [0, 0.05) is 44.2 Å². The monoisotopic (exact) mass is 333 g/mol. The molecule has 5 nitrogen and oxygen atoms in total. The zero-order valence-corrected chi connectivity index (χ0v) is 13.9. The van der Waals surface area contributed by atoms with Crippen LogP contribution in [-0.2, 0) is 13.0 Å². The van der Waals surface area contributed by atoms with Crippen molar-refractivity contribution in [1.82, 2.24) is 14.8 Å². The molecule has 122 valence electrons. The number of piperazine rings is 1. The number of hydrogen-bond donors (Lipinski definition) is 0. The van der Waals surface area contributed by atoms with Crippen LogP contribution in [0.4, 0.5) is 0 Å². The van der Waals surface area contributed by atoms with Crippen LogP contribution in [0.1, 0.15) is 28.7 Å². The van der Waals surface area contributed by atoms with Gasteiger partial charge in [0.25, 0.3) is 5.91 Å². The van der Waals surface area contributed by atoms with E-state index < -0.39 is 0 Å². The van der Waals surface area contributed by atoms with Gasteiger partial charge >= 0.3 is 0 Å². The van der Waals surface area contributed by atoms with Crippen molar-refractivity contribution < 1.29 is 9.21 Å². The fourth-order valence-corrected chi connectivity index (χ4v) is 2.93. The number of nitrogens with zero attached hydrogens (tertiary/aromatic N) is 3. The number of halogens is 1. The van der Waals surface area contributed by atoms with Gasteiger partial charge in [0.2, 0.25) is 0 Å². The average molecular weight is 334 g/mol. The van der Waals surface area contributed by atoms with Crippen molar-refractivity contribution in [3.05, 3.63) is 52.7 Å². The summed E-state index contributed by atoms with van der Waals surface area (Å²) in [6.07, 6.45) is 2.03. The molecule has 1 saturated heterocycles. The highest BCUT2D eigenvalue weighted by Crippen LogP contribution is 2.15. The van der Waals surface area contributed by atoms with Crippen LogP contribution in [0.2, 0.25) is 5.02 Å². The van der Waals surface area contributed by atoms with Crippen LogP contribution in [0.5, 0.6) is 0 Å². The van der Waals surface area contributed by atoms with Crippen LogP contribution in [0, 0.1) is 0 Å². The number of hydrogen-bond acceptors (Lipinski definition) is 4. The zero-order valence-electron chi connectivity index (χ0n) is 13.2. The van der Waals surface area contributed by atoms with Gasteiger partial charge in [-0.05, 0) is 17.7 Å². The molecule has 1 aromatic carbocycles. The van der Waals surface area contributed by atoms with Gasteiger partial charge in [0.05, 0.1) is 0 Å². The second kappa shape index (κ2) is 7.15. The van der Waals surface area contributed by atoms with Gasteiger partial charge in [-0.3, -0.25) is 9.69 Å². The number of amides is 1. The molecular weight excluding hydrogens is 314 g/mol. The van der Waals surface area contributed by atoms with Crippen molar-refractivity contribution in [3.63, 3.8) is 0 Å². The van der Waals surface area contributed by atoms with E-state index in [4.69, 9.17) is 16.0 Å². The molecule has 1 aliphatic heterocycles. The lowest BCUT2D eigenvalue weighted by molar-refractivity contribution is 0.0621. The topological polar surface area (TPSA) is 49.6 Å². The summed E-state index contributed by atoms with van der Waals surface area (Å²) >= 11 is 5.91. The molecule has 0 spiro atoms. The minimum atomic E-state index is -0.0262. The Kier molecular flexibility index (Phi) is 4.98. The van der Waals surface area contributed by atoms with E-state index in [-0.39, 0.29) is 5.91 Å². The van der Waals surface area contributed by atoms with Crippen molar-refractivity contribution in [2.24, 2.45) is 0 Å². The highest BCUT2D eigenvalue weighted by atomic mass is 35.5. The first-order chi connectivity index (χ1) is 11.2. The quantitative estimate of drug-likeness (QED) is 0.863. The van der Waals surface area contributed by atoms with Crippen LogP contribution < -0.4 is 0 Å². The fourth-order valence-electron chi connectivity index (χ4n) is 2.80. The van der Waals surface area contributed by atoms with E-state index in [1.165, 1.54) is 12.0 Å². The Labute approximate surface area is 140 Å². The lowest BCUT2D eigenvalue weighted by atomic mass is 10.2. The molecule has 1 amide bonds. The minimum Gasteiger partial charge on any atom is -0.448 e. The molecule has 3 rings (SSSR count). The maximum Gasteiger partial charge on any atom is 0.276 e. The lowest BCUT2D eigenvalue weighted by Crippen LogP contribution is -2.48.